The quantitative estimate of drug-likeness (QED) is 0.767. The zero-order valence-corrected chi connectivity index (χ0v) is 11.3. The largest absolute Gasteiger partial charge is 0.418 e. The van der Waals surface area contributed by atoms with Crippen molar-refractivity contribution in [3.63, 3.8) is 0 Å². The van der Waals surface area contributed by atoms with Crippen molar-refractivity contribution in [3.05, 3.63) is 52.5 Å². The molecule has 0 fully saturated rings. The van der Waals surface area contributed by atoms with Gasteiger partial charge in [0.25, 0.3) is 0 Å². The summed E-state index contributed by atoms with van der Waals surface area (Å²) in [4.78, 5) is 0. The van der Waals surface area contributed by atoms with Crippen molar-refractivity contribution >= 4 is 28.7 Å². The molecular weight excluding hydrogens is 289 g/mol. The van der Waals surface area contributed by atoms with E-state index in [0.717, 1.165) is 11.6 Å². The van der Waals surface area contributed by atoms with Gasteiger partial charge < -0.3 is 11.1 Å². The van der Waals surface area contributed by atoms with E-state index >= 15 is 0 Å². The Labute approximate surface area is 119 Å². The summed E-state index contributed by atoms with van der Waals surface area (Å²) in [6.07, 6.45) is -4.49. The number of rotatable bonds is 2. The average Bonchev–Trinajstić information content (AvgIpc) is 2.33. The summed E-state index contributed by atoms with van der Waals surface area (Å²) in [6, 6.07) is 8.65. The van der Waals surface area contributed by atoms with Gasteiger partial charge in [0.2, 0.25) is 0 Å². The minimum atomic E-state index is -4.49. The lowest BCUT2D eigenvalue weighted by atomic mass is 10.1. The van der Waals surface area contributed by atoms with E-state index in [1.165, 1.54) is 12.1 Å². The number of halogens is 4. The second-order valence-corrected chi connectivity index (χ2v) is 4.84. The van der Waals surface area contributed by atoms with Crippen LogP contribution in [0.3, 0.4) is 0 Å². The van der Waals surface area contributed by atoms with Crippen molar-refractivity contribution < 1.29 is 13.2 Å². The fourth-order valence-electron chi connectivity index (χ4n) is 1.80. The molecule has 0 unspecified atom stereocenters. The van der Waals surface area contributed by atoms with Gasteiger partial charge in [0, 0.05) is 5.02 Å². The molecule has 0 aliphatic heterocycles. The van der Waals surface area contributed by atoms with Crippen molar-refractivity contribution in [2.24, 2.45) is 0 Å². The van der Waals surface area contributed by atoms with Gasteiger partial charge in [-0.3, -0.25) is 0 Å². The van der Waals surface area contributed by atoms with Crippen LogP contribution in [0.1, 0.15) is 11.1 Å². The molecule has 2 rings (SSSR count). The number of nitrogens with one attached hydrogen (secondary N) is 1. The van der Waals surface area contributed by atoms with Crippen molar-refractivity contribution in [1.82, 2.24) is 0 Å². The van der Waals surface area contributed by atoms with Crippen molar-refractivity contribution in [2.75, 3.05) is 11.1 Å². The molecule has 0 aromatic heterocycles. The Morgan fingerprint density at radius 1 is 1.05 bits per heavy atom. The Kier molecular flexibility index (Phi) is 3.81. The zero-order valence-electron chi connectivity index (χ0n) is 10.6. The van der Waals surface area contributed by atoms with E-state index in [4.69, 9.17) is 17.3 Å². The number of hydrogen-bond acceptors (Lipinski definition) is 2. The van der Waals surface area contributed by atoms with E-state index in [1.807, 2.05) is 6.92 Å². The molecule has 0 aliphatic carbocycles. The smallest absolute Gasteiger partial charge is 0.397 e. The van der Waals surface area contributed by atoms with Crippen LogP contribution in [0.5, 0.6) is 0 Å². The third kappa shape index (κ3) is 3.17. The minimum absolute atomic E-state index is 0.0275. The molecule has 6 heteroatoms. The molecule has 0 spiro atoms. The van der Waals surface area contributed by atoms with Gasteiger partial charge in [-0.05, 0) is 42.8 Å². The number of anilines is 3. The normalized spacial score (nSPS) is 11.4. The summed E-state index contributed by atoms with van der Waals surface area (Å²) in [5, 5.41) is 2.73. The van der Waals surface area contributed by atoms with E-state index in [1.54, 1.807) is 18.2 Å². The van der Waals surface area contributed by atoms with E-state index in [0.29, 0.717) is 11.4 Å². The predicted molar refractivity (Wildman–Crippen MR) is 75.3 cm³/mol. The molecule has 20 heavy (non-hydrogen) atoms. The van der Waals surface area contributed by atoms with E-state index in [9.17, 15) is 13.2 Å². The van der Waals surface area contributed by atoms with Crippen LogP contribution in [0.4, 0.5) is 30.2 Å². The van der Waals surface area contributed by atoms with Gasteiger partial charge >= 0.3 is 6.18 Å². The monoisotopic (exact) mass is 300 g/mol. The van der Waals surface area contributed by atoms with E-state index in [-0.39, 0.29) is 10.7 Å². The first-order valence-corrected chi connectivity index (χ1v) is 6.15. The average molecular weight is 301 g/mol. The van der Waals surface area contributed by atoms with Gasteiger partial charge in [-0.2, -0.15) is 13.2 Å². The summed E-state index contributed by atoms with van der Waals surface area (Å²) >= 11 is 5.63. The highest BCUT2D eigenvalue weighted by Crippen LogP contribution is 2.38. The number of nitrogens with two attached hydrogens (primary N) is 1. The van der Waals surface area contributed by atoms with Gasteiger partial charge in [0.15, 0.2) is 0 Å². The van der Waals surface area contributed by atoms with Crippen LogP contribution >= 0.6 is 11.6 Å². The highest BCUT2D eigenvalue weighted by atomic mass is 35.5. The first kappa shape index (κ1) is 14.5. The van der Waals surface area contributed by atoms with Crippen molar-refractivity contribution in [2.45, 2.75) is 13.1 Å². The topological polar surface area (TPSA) is 38.0 Å². The lowest BCUT2D eigenvalue weighted by Gasteiger charge is -2.16. The number of nitrogen functional groups attached to an aromatic ring is 1. The number of hydrogen-bond donors (Lipinski definition) is 2. The molecule has 0 aliphatic rings. The van der Waals surface area contributed by atoms with Gasteiger partial charge in [-0.25, -0.2) is 0 Å². The fraction of sp³-hybridized carbons (Fsp3) is 0.143. The summed E-state index contributed by atoms with van der Waals surface area (Å²) in [6.45, 7) is 1.85. The van der Waals surface area contributed by atoms with Crippen LogP contribution in [0.2, 0.25) is 5.02 Å². The highest BCUT2D eigenvalue weighted by molar-refractivity contribution is 6.30. The van der Waals surface area contributed by atoms with E-state index < -0.39 is 11.7 Å². The second kappa shape index (κ2) is 5.25. The predicted octanol–water partition coefficient (Wildman–Crippen LogP) is 4.99. The lowest BCUT2D eigenvalue weighted by Crippen LogP contribution is -2.09. The summed E-state index contributed by atoms with van der Waals surface area (Å²) < 4.78 is 38.9. The highest BCUT2D eigenvalue weighted by Gasteiger charge is 2.33. The first-order chi connectivity index (χ1) is 9.27. The molecule has 106 valence electrons. The Hall–Kier alpha value is -1.88. The molecule has 2 aromatic rings. The number of alkyl halides is 3. The van der Waals surface area contributed by atoms with Crippen molar-refractivity contribution in [1.29, 1.82) is 0 Å². The molecule has 0 bridgehead atoms. The minimum Gasteiger partial charge on any atom is -0.397 e. The molecule has 0 saturated heterocycles. The maximum atomic E-state index is 13.0. The Morgan fingerprint density at radius 3 is 2.30 bits per heavy atom. The van der Waals surface area contributed by atoms with Gasteiger partial charge in [0.05, 0.1) is 22.6 Å². The molecule has 0 saturated carbocycles. The first-order valence-electron chi connectivity index (χ1n) is 5.77. The van der Waals surface area contributed by atoms with Crippen LogP contribution in [-0.4, -0.2) is 0 Å². The number of benzene rings is 2. The lowest BCUT2D eigenvalue weighted by molar-refractivity contribution is -0.136. The maximum absolute atomic E-state index is 13.0. The van der Waals surface area contributed by atoms with Gasteiger partial charge in [-0.1, -0.05) is 17.7 Å². The maximum Gasteiger partial charge on any atom is 0.418 e. The van der Waals surface area contributed by atoms with Crippen LogP contribution in [0, 0.1) is 6.92 Å². The van der Waals surface area contributed by atoms with Crippen LogP contribution < -0.4 is 11.1 Å². The SMILES string of the molecule is Cc1ccc(Nc2ccc(Cl)cc2C(F)(F)F)c(N)c1. The standard InChI is InChI=1S/C14H12ClF3N2/c1-8-2-4-13(11(19)6-8)20-12-5-3-9(15)7-10(12)14(16,17)18/h2-7,20H,19H2,1H3. The fourth-order valence-corrected chi connectivity index (χ4v) is 1.97. The summed E-state index contributed by atoms with van der Waals surface area (Å²) in [5.41, 5.74) is 6.61. The molecule has 2 aromatic carbocycles. The Morgan fingerprint density at radius 2 is 1.70 bits per heavy atom. The van der Waals surface area contributed by atoms with Crippen LogP contribution in [-0.2, 0) is 6.18 Å². The molecule has 0 atom stereocenters. The summed E-state index contributed by atoms with van der Waals surface area (Å²) in [5.74, 6) is 0. The number of aryl methyl sites for hydroxylation is 1. The van der Waals surface area contributed by atoms with Crippen LogP contribution in [0.25, 0.3) is 0 Å². The zero-order chi connectivity index (χ0) is 14.9. The van der Waals surface area contributed by atoms with Gasteiger partial charge in [0.1, 0.15) is 0 Å². The molecule has 2 nitrogen and oxygen atoms in total. The second-order valence-electron chi connectivity index (χ2n) is 4.40. The third-order valence-electron chi connectivity index (χ3n) is 2.76. The van der Waals surface area contributed by atoms with Crippen molar-refractivity contribution in [3.8, 4) is 0 Å². The van der Waals surface area contributed by atoms with Crippen LogP contribution in [0.15, 0.2) is 36.4 Å². The molecule has 0 amide bonds. The Balaban J connectivity index is 2.43. The summed E-state index contributed by atoms with van der Waals surface area (Å²) in [7, 11) is 0. The molecule has 0 radical (unpaired) electrons. The molecule has 3 N–H and O–H groups in total. The Bertz CT molecular complexity index is 639. The molecular formula is C14H12ClF3N2. The molecule has 0 heterocycles. The van der Waals surface area contributed by atoms with E-state index in [2.05, 4.69) is 5.32 Å². The third-order valence-corrected chi connectivity index (χ3v) is 3.00. The van der Waals surface area contributed by atoms with Gasteiger partial charge in [-0.15, -0.1) is 0 Å².